The molecule has 214 valence electrons. The first-order valence-corrected chi connectivity index (χ1v) is 7.66. The molecule has 0 amide bonds. The molecule has 0 saturated heterocycles. The molecule has 3 unspecified atom stereocenters. The topological polar surface area (TPSA) is 376 Å². The van der Waals surface area contributed by atoms with Gasteiger partial charge >= 0.3 is 0 Å². The summed E-state index contributed by atoms with van der Waals surface area (Å²) in [6.07, 6.45) is 0. The van der Waals surface area contributed by atoms with Crippen molar-refractivity contribution in [3.63, 3.8) is 0 Å². The monoisotopic (exact) mass is 605 g/mol. The minimum Gasteiger partial charge on any atom is -0.197 e. The quantitative estimate of drug-likeness (QED) is 0.100. The Morgan fingerprint density at radius 1 is 0.457 bits per heavy atom. The number of hydrogen-bond donors (Lipinski definition) is 3. The van der Waals surface area contributed by atoms with Crippen LogP contribution in [0.15, 0.2) is 20.5 Å². The number of hydrogen-bond acceptors (Lipinski definition) is 7. The van der Waals surface area contributed by atoms with E-state index in [-0.39, 0.29) is 74.0 Å². The van der Waals surface area contributed by atoms with Crippen LogP contribution in [0.1, 0.15) is 37.1 Å². The Hall–Kier alpha value is -2.84. The molecular formula is C9H46N21P3S2. The average Bonchev–Trinajstić information content (AvgIpc) is 2.71. The summed E-state index contributed by atoms with van der Waals surface area (Å²) in [6.45, 7) is 0. The van der Waals surface area contributed by atoms with E-state index in [0.29, 0.717) is 0 Å². The van der Waals surface area contributed by atoms with Crippen LogP contribution in [-0.4, -0.2) is 28.2 Å². The van der Waals surface area contributed by atoms with Crippen LogP contribution in [0, 0.1) is 16.6 Å². The zero-order valence-corrected chi connectivity index (χ0v) is 22.1. The number of nitrogens with zero attached hydrogens (tertiary/aromatic N) is 18. The molecule has 0 aromatic rings. The van der Waals surface area contributed by atoms with Gasteiger partial charge in [0.1, 0.15) is 0 Å². The molecule has 0 saturated carbocycles. The molecule has 0 aliphatic carbocycles. The lowest BCUT2D eigenvalue weighted by Crippen LogP contribution is -1.22. The SMILES string of the molecule is C.C.C.C.C.CN=[N+]=[N-].CN=[N+]=[N-].CN=[N+]=[N-].CN=[N+]=[N-].P.PP.S.S.[N-]=[N+]=N.[N-]=[N+]=N.[N-]=[N+]=N. The first-order chi connectivity index (χ1) is 12.9. The van der Waals surface area contributed by atoms with Gasteiger partial charge in [0, 0.05) is 47.8 Å². The zero-order chi connectivity index (χ0) is 23.8. The van der Waals surface area contributed by atoms with E-state index in [1.54, 1.807) is 14.7 Å². The Kier molecular flexibility index (Phi) is 1450. The highest BCUT2D eigenvalue weighted by atomic mass is 32.1. The lowest BCUT2D eigenvalue weighted by Gasteiger charge is -1.35. The molecule has 26 heteroatoms. The smallest absolute Gasteiger partial charge is 0.0139 e. The van der Waals surface area contributed by atoms with Gasteiger partial charge in [0.2, 0.25) is 0 Å². The molecule has 0 fully saturated rings. The molecule has 0 heterocycles. The number of rotatable bonds is 0. The van der Waals surface area contributed by atoms with E-state index in [1.165, 1.54) is 28.2 Å². The number of nitrogens with one attached hydrogen (secondary N) is 3. The third kappa shape index (κ3) is 19700. The fourth-order valence-electron chi connectivity index (χ4n) is 0. The lowest BCUT2D eigenvalue weighted by molar-refractivity contribution is 1.40. The fourth-order valence-corrected chi connectivity index (χ4v) is 0. The van der Waals surface area contributed by atoms with Crippen molar-refractivity contribution in [1.29, 1.82) is 16.6 Å². The molecule has 0 spiro atoms. The van der Waals surface area contributed by atoms with Gasteiger partial charge in [-0.1, -0.05) is 57.6 Å². The van der Waals surface area contributed by atoms with Gasteiger partial charge in [0.15, 0.2) is 0 Å². The second-order valence-electron chi connectivity index (χ2n) is 1.46. The highest BCUT2D eigenvalue weighted by Crippen LogP contribution is 1.86. The predicted molar refractivity (Wildman–Crippen MR) is 174 cm³/mol. The summed E-state index contributed by atoms with van der Waals surface area (Å²) in [5.41, 5.74) is 66.1. The normalized spacial score (nSPS) is 2.80. The first kappa shape index (κ1) is 120. The van der Waals surface area contributed by atoms with Crippen molar-refractivity contribution >= 4 is 54.7 Å². The Bertz CT molecular complexity index is 454. The lowest BCUT2D eigenvalue weighted by atomic mass is 11.6. The molecule has 35 heavy (non-hydrogen) atoms. The van der Waals surface area contributed by atoms with Crippen molar-refractivity contribution in [2.75, 3.05) is 28.2 Å². The van der Waals surface area contributed by atoms with Crippen molar-refractivity contribution in [1.82, 2.24) is 0 Å². The van der Waals surface area contributed by atoms with Gasteiger partial charge < -0.3 is 0 Å². The van der Waals surface area contributed by atoms with Crippen molar-refractivity contribution in [2.45, 2.75) is 37.1 Å². The Morgan fingerprint density at radius 3 is 0.486 bits per heavy atom. The van der Waals surface area contributed by atoms with Crippen molar-refractivity contribution in [3.05, 3.63) is 73.1 Å². The maximum Gasteiger partial charge on any atom is 0.0139 e. The van der Waals surface area contributed by atoms with Crippen molar-refractivity contribution in [3.8, 4) is 0 Å². The standard InChI is InChI=1S/4CH3N3.5CH4.3HN3.H4P2.H3P.2H2S/c4*1-3-4-2;;;;;;3*1-3-2;1-2;;;/h4*1H3;5*1H4;3*1H;1-2H2;1H3;2*1H2. The van der Waals surface area contributed by atoms with E-state index in [4.69, 9.17) is 55.3 Å². The molecule has 0 radical (unpaired) electrons. The molecule has 0 aromatic carbocycles. The summed E-state index contributed by atoms with van der Waals surface area (Å²) in [4.78, 5) is 14.7. The van der Waals surface area contributed by atoms with Crippen molar-refractivity contribution < 1.29 is 0 Å². The highest BCUT2D eigenvalue weighted by molar-refractivity contribution is 7.92. The van der Waals surface area contributed by atoms with E-state index in [9.17, 15) is 0 Å². The Labute approximate surface area is 230 Å². The van der Waals surface area contributed by atoms with Crippen LogP contribution in [0.2, 0.25) is 0 Å². The van der Waals surface area contributed by atoms with Gasteiger partial charge in [-0.25, -0.2) is 0 Å². The van der Waals surface area contributed by atoms with E-state index >= 15 is 0 Å². The van der Waals surface area contributed by atoms with Crippen LogP contribution >= 0.6 is 54.7 Å². The molecule has 0 aliphatic rings. The van der Waals surface area contributed by atoms with E-state index in [2.05, 4.69) is 58.0 Å². The molecule has 3 atom stereocenters. The van der Waals surface area contributed by atoms with Crippen LogP contribution in [0.4, 0.5) is 0 Å². The van der Waals surface area contributed by atoms with Crippen LogP contribution in [0.25, 0.3) is 73.1 Å². The van der Waals surface area contributed by atoms with Gasteiger partial charge in [-0.05, 0) is 53.5 Å². The van der Waals surface area contributed by atoms with Gasteiger partial charge in [0.05, 0.1) is 0 Å². The van der Waals surface area contributed by atoms with Gasteiger partial charge in [-0.2, -0.15) is 36.9 Å². The second kappa shape index (κ2) is 426. The Balaban J connectivity index is -0.00000000821. The van der Waals surface area contributed by atoms with Gasteiger partial charge in [0.25, 0.3) is 0 Å². The van der Waals surface area contributed by atoms with Crippen LogP contribution < -0.4 is 0 Å². The zero-order valence-electron chi connectivity index (χ0n) is 16.4. The minimum atomic E-state index is 0. The van der Waals surface area contributed by atoms with Gasteiger partial charge in [-0.15, -0.1) is 34.5 Å². The predicted octanol–water partition coefficient (Wildman–Crippen LogP) is 10.4. The fraction of sp³-hybridized carbons (Fsp3) is 1.00. The molecule has 3 N–H and O–H groups in total. The molecule has 0 aliphatic heterocycles. The molecule has 0 aromatic heterocycles. The maximum atomic E-state index is 7.33. The molecule has 0 bridgehead atoms. The van der Waals surface area contributed by atoms with Crippen LogP contribution in [0.5, 0.6) is 0 Å². The average molecular weight is 606 g/mol. The molecular weight excluding hydrogens is 559 g/mol. The summed E-state index contributed by atoms with van der Waals surface area (Å²) < 4.78 is 0. The third-order valence-electron chi connectivity index (χ3n) is 0.358. The summed E-state index contributed by atoms with van der Waals surface area (Å²) in [7, 11) is 10.2. The van der Waals surface area contributed by atoms with Crippen molar-refractivity contribution in [2.24, 2.45) is 20.5 Å². The molecule has 0 rings (SSSR count). The van der Waals surface area contributed by atoms with E-state index in [1.807, 2.05) is 0 Å². The largest absolute Gasteiger partial charge is 0.197 e. The summed E-state index contributed by atoms with van der Waals surface area (Å²) in [6, 6.07) is 0. The first-order valence-electron chi connectivity index (χ1n) is 4.99. The second-order valence-corrected chi connectivity index (χ2v) is 1.46. The van der Waals surface area contributed by atoms with E-state index in [0.717, 1.165) is 0 Å². The van der Waals surface area contributed by atoms with Crippen LogP contribution in [0.3, 0.4) is 0 Å². The minimum absolute atomic E-state index is 0. The maximum absolute atomic E-state index is 7.33. The third-order valence-corrected chi connectivity index (χ3v) is 0.358. The summed E-state index contributed by atoms with van der Waals surface area (Å²) in [5, 5.41) is 11.7. The summed E-state index contributed by atoms with van der Waals surface area (Å²) in [5.74, 6) is 0. The number of azide groups is 4. The van der Waals surface area contributed by atoms with Gasteiger partial charge in [-0.3, -0.25) is 0 Å². The van der Waals surface area contributed by atoms with Crippen LogP contribution in [-0.2, 0) is 0 Å². The Morgan fingerprint density at radius 2 is 0.486 bits per heavy atom. The van der Waals surface area contributed by atoms with E-state index < -0.39 is 0 Å². The summed E-state index contributed by atoms with van der Waals surface area (Å²) >= 11 is 0. The highest BCUT2D eigenvalue weighted by Gasteiger charge is 1.28. The molecule has 21 nitrogen and oxygen atoms in total.